The molecule has 0 atom stereocenters. The van der Waals surface area contributed by atoms with E-state index in [2.05, 4.69) is 37.5 Å². The average molecular weight is 164 g/mol. The molecule has 0 spiro atoms. The number of hydrogen-bond acceptors (Lipinski definition) is 1. The van der Waals surface area contributed by atoms with Gasteiger partial charge in [-0.3, -0.25) is 5.10 Å². The molecule has 0 aromatic carbocycles. The maximum Gasteiger partial charge on any atom is 0.0879 e. The van der Waals surface area contributed by atoms with Crippen molar-refractivity contribution in [2.24, 2.45) is 0 Å². The Morgan fingerprint density at radius 2 is 2.33 bits per heavy atom. The summed E-state index contributed by atoms with van der Waals surface area (Å²) in [6.45, 7) is 10.3. The Balaban J connectivity index is 3.08. The first-order chi connectivity index (χ1) is 5.61. The zero-order chi connectivity index (χ0) is 9.19. The van der Waals surface area contributed by atoms with E-state index in [4.69, 9.17) is 0 Å². The quantitative estimate of drug-likeness (QED) is 0.731. The molecule has 66 valence electrons. The minimum atomic E-state index is 0.191. The van der Waals surface area contributed by atoms with Crippen molar-refractivity contribution < 1.29 is 0 Å². The summed E-state index contributed by atoms with van der Waals surface area (Å²) in [5.74, 6) is 0. The van der Waals surface area contributed by atoms with Crippen LogP contribution in [0.5, 0.6) is 0 Å². The fourth-order valence-electron chi connectivity index (χ4n) is 1.19. The maximum absolute atomic E-state index is 4.11. The van der Waals surface area contributed by atoms with Gasteiger partial charge in [0.15, 0.2) is 0 Å². The van der Waals surface area contributed by atoms with Gasteiger partial charge in [0.1, 0.15) is 0 Å². The normalized spacial score (nSPS) is 11.6. The van der Waals surface area contributed by atoms with Crippen molar-refractivity contribution in [3.05, 3.63) is 24.0 Å². The molecule has 0 aliphatic carbocycles. The third-order valence-electron chi connectivity index (χ3n) is 2.48. The molecule has 0 amide bonds. The number of hydrogen-bond donors (Lipinski definition) is 1. The first-order valence-corrected chi connectivity index (χ1v) is 4.28. The number of H-pyrrole nitrogens is 1. The zero-order valence-electron chi connectivity index (χ0n) is 8.02. The van der Waals surface area contributed by atoms with E-state index in [0.717, 1.165) is 12.1 Å². The van der Waals surface area contributed by atoms with E-state index in [1.54, 1.807) is 6.08 Å². The predicted molar refractivity (Wildman–Crippen MR) is 52.0 cm³/mol. The summed E-state index contributed by atoms with van der Waals surface area (Å²) in [6.07, 6.45) is 4.86. The van der Waals surface area contributed by atoms with Gasteiger partial charge in [-0.15, -0.1) is 0 Å². The highest BCUT2D eigenvalue weighted by Gasteiger charge is 2.21. The first kappa shape index (κ1) is 9.04. The van der Waals surface area contributed by atoms with Crippen LogP contribution in [0.4, 0.5) is 0 Å². The lowest BCUT2D eigenvalue weighted by Crippen LogP contribution is -2.15. The number of nitrogens with one attached hydrogen (secondary N) is 1. The average Bonchev–Trinajstić information content (AvgIpc) is 2.52. The smallest absolute Gasteiger partial charge is 0.0879 e. The Labute approximate surface area is 73.7 Å². The SMILES string of the molecule is C=Cc1n[nH]cc1C(C)(C)CC. The monoisotopic (exact) mass is 164 g/mol. The van der Waals surface area contributed by atoms with E-state index in [1.807, 2.05) is 6.20 Å². The van der Waals surface area contributed by atoms with Gasteiger partial charge in [0, 0.05) is 11.8 Å². The third kappa shape index (κ3) is 1.42. The molecule has 2 heteroatoms. The summed E-state index contributed by atoms with van der Waals surface area (Å²) in [4.78, 5) is 0. The molecule has 0 bridgehead atoms. The van der Waals surface area contributed by atoms with E-state index in [1.165, 1.54) is 5.56 Å². The summed E-state index contributed by atoms with van der Waals surface area (Å²) in [5.41, 5.74) is 2.41. The van der Waals surface area contributed by atoms with Crippen LogP contribution >= 0.6 is 0 Å². The summed E-state index contributed by atoms with van der Waals surface area (Å²) in [6, 6.07) is 0. The van der Waals surface area contributed by atoms with Crippen LogP contribution in [0.1, 0.15) is 38.4 Å². The minimum absolute atomic E-state index is 0.191. The fourth-order valence-corrected chi connectivity index (χ4v) is 1.19. The van der Waals surface area contributed by atoms with Gasteiger partial charge in [-0.2, -0.15) is 5.10 Å². The van der Waals surface area contributed by atoms with Crippen LogP contribution in [0.25, 0.3) is 6.08 Å². The second-order valence-electron chi connectivity index (χ2n) is 3.63. The standard InChI is InChI=1S/C10H16N2/c1-5-9-8(7-11-12-9)10(3,4)6-2/h5,7H,1,6H2,2-4H3,(H,11,12). The van der Waals surface area contributed by atoms with Crippen LogP contribution in [0, 0.1) is 0 Å². The Morgan fingerprint density at radius 1 is 1.67 bits per heavy atom. The second kappa shape index (κ2) is 3.13. The van der Waals surface area contributed by atoms with Gasteiger partial charge >= 0.3 is 0 Å². The summed E-state index contributed by atoms with van der Waals surface area (Å²) < 4.78 is 0. The molecule has 1 aromatic rings. The lowest BCUT2D eigenvalue weighted by molar-refractivity contribution is 0.505. The molecule has 0 saturated heterocycles. The molecular weight excluding hydrogens is 148 g/mol. The Hall–Kier alpha value is -1.05. The molecule has 0 aliphatic rings. The predicted octanol–water partition coefficient (Wildman–Crippen LogP) is 2.74. The molecule has 1 heterocycles. The largest absolute Gasteiger partial charge is 0.285 e. The van der Waals surface area contributed by atoms with Crippen molar-refractivity contribution in [1.82, 2.24) is 10.2 Å². The third-order valence-corrected chi connectivity index (χ3v) is 2.48. The van der Waals surface area contributed by atoms with Crippen molar-refractivity contribution in [1.29, 1.82) is 0 Å². The highest BCUT2D eigenvalue weighted by atomic mass is 15.1. The molecule has 0 unspecified atom stereocenters. The molecule has 1 aromatic heterocycles. The van der Waals surface area contributed by atoms with E-state index in [0.29, 0.717) is 0 Å². The van der Waals surface area contributed by atoms with Gasteiger partial charge in [-0.25, -0.2) is 0 Å². The molecule has 1 N–H and O–H groups in total. The molecule has 0 fully saturated rings. The van der Waals surface area contributed by atoms with Crippen molar-refractivity contribution in [2.75, 3.05) is 0 Å². The van der Waals surface area contributed by atoms with Crippen LogP contribution in [0.3, 0.4) is 0 Å². The van der Waals surface area contributed by atoms with E-state index < -0.39 is 0 Å². The molecule has 12 heavy (non-hydrogen) atoms. The van der Waals surface area contributed by atoms with E-state index >= 15 is 0 Å². The Kier molecular flexibility index (Phi) is 2.36. The summed E-state index contributed by atoms with van der Waals surface area (Å²) in [5, 5.41) is 6.97. The van der Waals surface area contributed by atoms with Crippen molar-refractivity contribution in [3.63, 3.8) is 0 Å². The van der Waals surface area contributed by atoms with Gasteiger partial charge in [0.05, 0.1) is 5.69 Å². The number of rotatable bonds is 3. The van der Waals surface area contributed by atoms with Gasteiger partial charge in [0.2, 0.25) is 0 Å². The zero-order valence-corrected chi connectivity index (χ0v) is 8.02. The topological polar surface area (TPSA) is 28.7 Å². The van der Waals surface area contributed by atoms with E-state index in [9.17, 15) is 0 Å². The summed E-state index contributed by atoms with van der Waals surface area (Å²) in [7, 11) is 0. The summed E-state index contributed by atoms with van der Waals surface area (Å²) >= 11 is 0. The van der Waals surface area contributed by atoms with Gasteiger partial charge in [-0.1, -0.05) is 27.4 Å². The second-order valence-corrected chi connectivity index (χ2v) is 3.63. The molecule has 0 aliphatic heterocycles. The van der Waals surface area contributed by atoms with Gasteiger partial charge in [0.25, 0.3) is 0 Å². The fraction of sp³-hybridized carbons (Fsp3) is 0.500. The van der Waals surface area contributed by atoms with Crippen LogP contribution in [-0.2, 0) is 5.41 Å². The van der Waals surface area contributed by atoms with Crippen LogP contribution in [-0.4, -0.2) is 10.2 Å². The van der Waals surface area contributed by atoms with Crippen LogP contribution in [0.2, 0.25) is 0 Å². The maximum atomic E-state index is 4.11. The minimum Gasteiger partial charge on any atom is -0.285 e. The molecule has 1 rings (SSSR count). The van der Waals surface area contributed by atoms with Crippen molar-refractivity contribution >= 4 is 6.08 Å². The Bertz CT molecular complexity index is 271. The van der Waals surface area contributed by atoms with Crippen molar-refractivity contribution in [3.8, 4) is 0 Å². The Morgan fingerprint density at radius 3 is 2.83 bits per heavy atom. The van der Waals surface area contributed by atoms with Crippen molar-refractivity contribution in [2.45, 2.75) is 32.6 Å². The number of nitrogens with zero attached hydrogens (tertiary/aromatic N) is 1. The van der Waals surface area contributed by atoms with Gasteiger partial charge < -0.3 is 0 Å². The highest BCUT2D eigenvalue weighted by molar-refractivity contribution is 5.48. The molecule has 0 saturated carbocycles. The number of aromatic amines is 1. The number of aromatic nitrogens is 2. The van der Waals surface area contributed by atoms with Crippen LogP contribution in [0.15, 0.2) is 12.8 Å². The van der Waals surface area contributed by atoms with Gasteiger partial charge in [-0.05, 0) is 17.9 Å². The molecular formula is C10H16N2. The highest BCUT2D eigenvalue weighted by Crippen LogP contribution is 2.28. The van der Waals surface area contributed by atoms with Crippen LogP contribution < -0.4 is 0 Å². The lowest BCUT2D eigenvalue weighted by Gasteiger charge is -2.21. The van der Waals surface area contributed by atoms with E-state index in [-0.39, 0.29) is 5.41 Å². The lowest BCUT2D eigenvalue weighted by atomic mass is 9.82. The molecule has 2 nitrogen and oxygen atoms in total. The first-order valence-electron chi connectivity index (χ1n) is 4.28. The molecule has 0 radical (unpaired) electrons.